The number of carbonyl (C=O) groups is 2. The maximum atomic E-state index is 12.9. The third-order valence-corrected chi connectivity index (χ3v) is 5.15. The topological polar surface area (TPSA) is 59.1 Å². The molecule has 0 atom stereocenters. The summed E-state index contributed by atoms with van der Waals surface area (Å²) in [6, 6.07) is 15.2. The van der Waals surface area contributed by atoms with Crippen LogP contribution in [0.5, 0.6) is 0 Å². The molecular formula is C22H25BrN2O4. The second-order valence-corrected chi connectivity index (χ2v) is 8.69. The predicted octanol–water partition coefficient (Wildman–Crippen LogP) is 5.34. The number of benzene rings is 2. The molecule has 7 heteroatoms. The van der Waals surface area contributed by atoms with Crippen LogP contribution in [0.3, 0.4) is 0 Å². The molecule has 0 radical (unpaired) electrons. The molecular weight excluding hydrogens is 436 g/mol. The number of fused-ring (bicyclic) bond motifs is 1. The minimum atomic E-state index is -0.589. The molecule has 6 nitrogen and oxygen atoms in total. The van der Waals surface area contributed by atoms with Crippen molar-refractivity contribution in [3.63, 3.8) is 0 Å². The summed E-state index contributed by atoms with van der Waals surface area (Å²) >= 11 is 3.55. The number of rotatable bonds is 2. The first-order valence-electron chi connectivity index (χ1n) is 9.48. The molecule has 2 aromatic carbocycles. The van der Waals surface area contributed by atoms with Crippen LogP contribution in [0, 0.1) is 0 Å². The lowest BCUT2D eigenvalue weighted by Crippen LogP contribution is -2.40. The maximum Gasteiger partial charge on any atom is 0.414 e. The van der Waals surface area contributed by atoms with Gasteiger partial charge in [0.2, 0.25) is 0 Å². The van der Waals surface area contributed by atoms with Gasteiger partial charge in [0.05, 0.1) is 12.2 Å². The molecule has 1 aliphatic rings. The van der Waals surface area contributed by atoms with Gasteiger partial charge in [-0.25, -0.2) is 9.59 Å². The van der Waals surface area contributed by atoms with E-state index in [1.54, 1.807) is 9.80 Å². The predicted molar refractivity (Wildman–Crippen MR) is 115 cm³/mol. The van der Waals surface area contributed by atoms with Gasteiger partial charge in [0.25, 0.3) is 0 Å². The number of carbonyl (C=O) groups excluding carboxylic acids is 2. The highest BCUT2D eigenvalue weighted by Gasteiger charge is 2.30. The van der Waals surface area contributed by atoms with Gasteiger partial charge in [-0.2, -0.15) is 0 Å². The van der Waals surface area contributed by atoms with Gasteiger partial charge in [0.15, 0.2) is 0 Å². The SMILES string of the molecule is CC(C)(C)OC(=O)N1CCN(C(=O)OCc2ccccc2)c2cccc(Br)c2C1. The lowest BCUT2D eigenvalue weighted by molar-refractivity contribution is 0.0242. The van der Waals surface area contributed by atoms with E-state index in [1.165, 1.54) is 0 Å². The van der Waals surface area contributed by atoms with Crippen molar-refractivity contribution in [2.75, 3.05) is 18.0 Å². The van der Waals surface area contributed by atoms with Gasteiger partial charge in [-0.15, -0.1) is 0 Å². The van der Waals surface area contributed by atoms with Crippen molar-refractivity contribution in [1.29, 1.82) is 0 Å². The van der Waals surface area contributed by atoms with Crippen LogP contribution in [0.2, 0.25) is 0 Å². The standard InChI is InChI=1S/C22H25BrN2O4/c1-22(2,3)29-20(26)24-12-13-25(19-11-7-10-18(23)17(19)14-24)21(27)28-15-16-8-5-4-6-9-16/h4-11H,12-15H2,1-3H3. The van der Waals surface area contributed by atoms with Gasteiger partial charge < -0.3 is 14.4 Å². The molecule has 0 saturated heterocycles. The second kappa shape index (κ2) is 8.86. The van der Waals surface area contributed by atoms with Crippen molar-refractivity contribution in [1.82, 2.24) is 4.90 Å². The summed E-state index contributed by atoms with van der Waals surface area (Å²) in [5, 5.41) is 0. The molecule has 0 aromatic heterocycles. The Hall–Kier alpha value is -2.54. The van der Waals surface area contributed by atoms with Crippen molar-refractivity contribution < 1.29 is 19.1 Å². The van der Waals surface area contributed by atoms with E-state index in [-0.39, 0.29) is 6.61 Å². The molecule has 0 unspecified atom stereocenters. The largest absolute Gasteiger partial charge is 0.444 e. The zero-order valence-electron chi connectivity index (χ0n) is 16.9. The van der Waals surface area contributed by atoms with Crippen LogP contribution in [-0.4, -0.2) is 35.8 Å². The number of halogens is 1. The Balaban J connectivity index is 1.80. The van der Waals surface area contributed by atoms with E-state index < -0.39 is 17.8 Å². The Morgan fingerprint density at radius 3 is 2.41 bits per heavy atom. The van der Waals surface area contributed by atoms with Crippen LogP contribution in [0.25, 0.3) is 0 Å². The summed E-state index contributed by atoms with van der Waals surface area (Å²) in [7, 11) is 0. The third-order valence-electron chi connectivity index (χ3n) is 4.40. The average Bonchev–Trinajstić information content (AvgIpc) is 2.87. The highest BCUT2D eigenvalue weighted by atomic mass is 79.9. The number of anilines is 1. The second-order valence-electron chi connectivity index (χ2n) is 7.83. The van der Waals surface area contributed by atoms with Gasteiger partial charge in [-0.1, -0.05) is 52.3 Å². The Labute approximate surface area is 179 Å². The maximum absolute atomic E-state index is 12.9. The molecule has 0 fully saturated rings. The van der Waals surface area contributed by atoms with Crippen molar-refractivity contribution in [2.24, 2.45) is 0 Å². The van der Waals surface area contributed by atoms with E-state index in [2.05, 4.69) is 15.9 Å². The molecule has 1 aliphatic heterocycles. The van der Waals surface area contributed by atoms with Crippen molar-refractivity contribution >= 4 is 33.8 Å². The van der Waals surface area contributed by atoms with E-state index in [1.807, 2.05) is 69.3 Å². The van der Waals surface area contributed by atoms with Gasteiger partial charge in [0, 0.05) is 23.1 Å². The number of hydrogen-bond acceptors (Lipinski definition) is 4. The van der Waals surface area contributed by atoms with E-state index >= 15 is 0 Å². The fraction of sp³-hybridized carbons (Fsp3) is 0.364. The Morgan fingerprint density at radius 2 is 1.72 bits per heavy atom. The first-order valence-corrected chi connectivity index (χ1v) is 10.3. The molecule has 2 amide bonds. The van der Waals surface area contributed by atoms with Crippen LogP contribution >= 0.6 is 15.9 Å². The zero-order chi connectivity index (χ0) is 21.0. The molecule has 154 valence electrons. The first-order chi connectivity index (χ1) is 13.7. The highest BCUT2D eigenvalue weighted by molar-refractivity contribution is 9.10. The normalized spacial score (nSPS) is 14.1. The molecule has 2 aromatic rings. The van der Waals surface area contributed by atoms with Gasteiger partial charge in [-0.05, 0) is 38.5 Å². The summed E-state index contributed by atoms with van der Waals surface area (Å²) in [5.41, 5.74) is 1.89. The number of ether oxygens (including phenoxy) is 2. The molecule has 0 aliphatic carbocycles. The molecule has 0 N–H and O–H groups in total. The molecule has 0 bridgehead atoms. The summed E-state index contributed by atoms with van der Waals surface area (Å²) in [6.45, 7) is 6.69. The molecule has 3 rings (SSSR count). The van der Waals surface area contributed by atoms with Crippen molar-refractivity contribution in [2.45, 2.75) is 39.5 Å². The minimum absolute atomic E-state index is 0.190. The van der Waals surface area contributed by atoms with Gasteiger partial charge >= 0.3 is 12.2 Å². The monoisotopic (exact) mass is 460 g/mol. The smallest absolute Gasteiger partial charge is 0.414 e. The van der Waals surface area contributed by atoms with Gasteiger partial charge in [-0.3, -0.25) is 4.90 Å². The molecule has 0 spiro atoms. The number of amides is 2. The van der Waals surface area contributed by atoms with Crippen LogP contribution < -0.4 is 4.90 Å². The van der Waals surface area contributed by atoms with Crippen LogP contribution in [0.1, 0.15) is 31.9 Å². The summed E-state index contributed by atoms with van der Waals surface area (Å²) in [6.07, 6.45) is -0.849. The van der Waals surface area contributed by atoms with Gasteiger partial charge in [0.1, 0.15) is 12.2 Å². The molecule has 0 saturated carbocycles. The minimum Gasteiger partial charge on any atom is -0.444 e. The van der Waals surface area contributed by atoms with Crippen LogP contribution in [-0.2, 0) is 22.6 Å². The van der Waals surface area contributed by atoms with Crippen LogP contribution in [0.4, 0.5) is 15.3 Å². The van der Waals surface area contributed by atoms with E-state index in [0.29, 0.717) is 19.6 Å². The van der Waals surface area contributed by atoms with Crippen molar-refractivity contribution in [3.8, 4) is 0 Å². The number of hydrogen-bond donors (Lipinski definition) is 0. The lowest BCUT2D eigenvalue weighted by atomic mass is 10.1. The molecule has 1 heterocycles. The van der Waals surface area contributed by atoms with Crippen LogP contribution in [0.15, 0.2) is 53.0 Å². The zero-order valence-corrected chi connectivity index (χ0v) is 18.4. The Bertz CT molecular complexity index is 880. The lowest BCUT2D eigenvalue weighted by Gasteiger charge is -2.26. The Morgan fingerprint density at radius 1 is 1.00 bits per heavy atom. The summed E-state index contributed by atoms with van der Waals surface area (Å²) < 4.78 is 11.9. The number of nitrogens with zero attached hydrogens (tertiary/aromatic N) is 2. The summed E-state index contributed by atoms with van der Waals surface area (Å²) in [5.74, 6) is 0. The fourth-order valence-electron chi connectivity index (χ4n) is 3.04. The third kappa shape index (κ3) is 5.50. The van der Waals surface area contributed by atoms with Crippen molar-refractivity contribution in [3.05, 3.63) is 64.1 Å². The molecule has 29 heavy (non-hydrogen) atoms. The van der Waals surface area contributed by atoms with E-state index in [0.717, 1.165) is 21.3 Å². The fourth-order valence-corrected chi connectivity index (χ4v) is 3.52. The first kappa shape index (κ1) is 21.2. The van der Waals surface area contributed by atoms with E-state index in [9.17, 15) is 9.59 Å². The quantitative estimate of drug-likeness (QED) is 0.606. The summed E-state index contributed by atoms with van der Waals surface area (Å²) in [4.78, 5) is 28.7. The Kier molecular flexibility index (Phi) is 6.47. The average molecular weight is 461 g/mol. The highest BCUT2D eigenvalue weighted by Crippen LogP contribution is 2.32. The van der Waals surface area contributed by atoms with E-state index in [4.69, 9.17) is 9.47 Å².